The van der Waals surface area contributed by atoms with E-state index in [1.807, 2.05) is 0 Å². The van der Waals surface area contributed by atoms with Crippen LogP contribution in [0, 0.1) is 0 Å². The number of unbranched alkanes of at least 4 members (excludes halogenated alkanes) is 1. The van der Waals surface area contributed by atoms with Crippen LogP contribution < -0.4 is 22.1 Å². The number of carboxylic acid groups (broad SMARTS) is 2. The Morgan fingerprint density at radius 3 is 2.04 bits per heavy atom. The van der Waals surface area contributed by atoms with E-state index in [4.69, 9.17) is 21.7 Å². The molecule has 0 aliphatic rings. The third-order valence-electron chi connectivity index (χ3n) is 3.05. The van der Waals surface area contributed by atoms with Gasteiger partial charge in [-0.3, -0.25) is 14.4 Å². The highest BCUT2D eigenvalue weighted by molar-refractivity contribution is 5.91. The van der Waals surface area contributed by atoms with Gasteiger partial charge in [-0.05, 0) is 32.2 Å². The highest BCUT2D eigenvalue weighted by Gasteiger charge is 2.26. The van der Waals surface area contributed by atoms with Gasteiger partial charge < -0.3 is 32.3 Å². The zero-order valence-electron chi connectivity index (χ0n) is 12.8. The van der Waals surface area contributed by atoms with Crippen molar-refractivity contribution in [1.82, 2.24) is 10.6 Å². The predicted molar refractivity (Wildman–Crippen MR) is 80.3 cm³/mol. The van der Waals surface area contributed by atoms with Crippen LogP contribution >= 0.6 is 0 Å². The Hall–Kier alpha value is -2.20. The summed E-state index contributed by atoms with van der Waals surface area (Å²) in [4.78, 5) is 45.2. The van der Waals surface area contributed by atoms with E-state index < -0.39 is 35.8 Å². The lowest BCUT2D eigenvalue weighted by Crippen LogP contribution is -2.52. The van der Waals surface area contributed by atoms with E-state index in [1.165, 1.54) is 0 Å². The summed E-state index contributed by atoms with van der Waals surface area (Å²) in [6.45, 7) is 0.0454. The van der Waals surface area contributed by atoms with Gasteiger partial charge in [-0.15, -0.1) is 0 Å². The van der Waals surface area contributed by atoms with Crippen LogP contribution in [-0.2, 0) is 19.2 Å². The average Bonchev–Trinajstić information content (AvgIpc) is 2.49. The first-order valence-electron chi connectivity index (χ1n) is 7.26. The maximum atomic E-state index is 12.1. The Morgan fingerprint density at radius 2 is 1.57 bits per heavy atom. The second kappa shape index (κ2) is 11.4. The molecule has 0 saturated carbocycles. The van der Waals surface area contributed by atoms with Crippen molar-refractivity contribution in [3.63, 3.8) is 0 Å². The summed E-state index contributed by atoms with van der Waals surface area (Å²) in [7, 11) is 0. The lowest BCUT2D eigenvalue weighted by Gasteiger charge is -2.21. The number of carbonyl (C=O) groups excluding carboxylic acids is 2. The second-order valence-electron chi connectivity index (χ2n) is 4.94. The van der Waals surface area contributed by atoms with Crippen LogP contribution in [0.15, 0.2) is 0 Å². The number of carbonyl (C=O) groups is 4. The average molecular weight is 332 g/mol. The molecule has 2 atom stereocenters. The number of rotatable bonds is 12. The van der Waals surface area contributed by atoms with E-state index in [0.29, 0.717) is 19.4 Å². The first kappa shape index (κ1) is 20.8. The Labute approximate surface area is 133 Å². The standard InChI is InChI=1S/C13H24N4O6/c14-6-2-1-3-9(13(22)23)17-12(21)8(4-5-11(19)20)16-10(18)7-15/h8-9H,1-7,14-15H2,(H,16,18)(H,17,21)(H,19,20)(H,22,23)/t8-,9-/m0/s1. The van der Waals surface area contributed by atoms with Crippen LogP contribution in [-0.4, -0.2) is 59.1 Å². The van der Waals surface area contributed by atoms with Gasteiger partial charge in [0.2, 0.25) is 11.8 Å². The molecule has 0 radical (unpaired) electrons. The molecule has 0 aromatic rings. The fourth-order valence-electron chi connectivity index (χ4n) is 1.81. The maximum Gasteiger partial charge on any atom is 0.326 e. The van der Waals surface area contributed by atoms with Crippen molar-refractivity contribution in [2.75, 3.05) is 13.1 Å². The summed E-state index contributed by atoms with van der Waals surface area (Å²) in [6.07, 6.45) is 0.805. The van der Waals surface area contributed by atoms with Crippen LogP contribution in [0.5, 0.6) is 0 Å². The van der Waals surface area contributed by atoms with Crippen molar-refractivity contribution in [3.05, 3.63) is 0 Å². The van der Waals surface area contributed by atoms with E-state index in [-0.39, 0.29) is 25.8 Å². The largest absolute Gasteiger partial charge is 0.481 e. The van der Waals surface area contributed by atoms with E-state index in [2.05, 4.69) is 10.6 Å². The lowest BCUT2D eigenvalue weighted by molar-refractivity contribution is -0.143. The monoisotopic (exact) mass is 332 g/mol. The fraction of sp³-hybridized carbons (Fsp3) is 0.692. The number of amides is 2. The topological polar surface area (TPSA) is 185 Å². The molecule has 0 fully saturated rings. The Kier molecular flexibility index (Phi) is 10.3. The predicted octanol–water partition coefficient (Wildman–Crippen LogP) is -2.01. The maximum absolute atomic E-state index is 12.1. The van der Waals surface area contributed by atoms with Gasteiger partial charge in [0.25, 0.3) is 0 Å². The minimum atomic E-state index is -1.21. The quantitative estimate of drug-likeness (QED) is 0.221. The highest BCUT2D eigenvalue weighted by atomic mass is 16.4. The van der Waals surface area contributed by atoms with Gasteiger partial charge in [0.05, 0.1) is 6.54 Å². The van der Waals surface area contributed by atoms with Crippen molar-refractivity contribution in [3.8, 4) is 0 Å². The second-order valence-corrected chi connectivity index (χ2v) is 4.94. The third-order valence-corrected chi connectivity index (χ3v) is 3.05. The summed E-state index contributed by atoms with van der Waals surface area (Å²) in [6, 6.07) is -2.28. The number of nitrogens with two attached hydrogens (primary N) is 2. The molecule has 0 rings (SSSR count). The summed E-state index contributed by atoms with van der Waals surface area (Å²) < 4.78 is 0. The molecule has 0 heterocycles. The molecule has 0 bridgehead atoms. The molecule has 0 aliphatic heterocycles. The molecule has 8 N–H and O–H groups in total. The molecule has 0 aromatic carbocycles. The van der Waals surface area contributed by atoms with Crippen molar-refractivity contribution < 1.29 is 29.4 Å². The molecule has 0 aliphatic carbocycles. The smallest absolute Gasteiger partial charge is 0.326 e. The van der Waals surface area contributed by atoms with Gasteiger partial charge in [0.1, 0.15) is 12.1 Å². The van der Waals surface area contributed by atoms with E-state index >= 15 is 0 Å². The first-order valence-corrected chi connectivity index (χ1v) is 7.26. The molecular formula is C13H24N4O6. The van der Waals surface area contributed by atoms with E-state index in [1.54, 1.807) is 0 Å². The zero-order chi connectivity index (χ0) is 17.8. The van der Waals surface area contributed by atoms with Gasteiger partial charge in [0.15, 0.2) is 0 Å². The van der Waals surface area contributed by atoms with Crippen molar-refractivity contribution in [1.29, 1.82) is 0 Å². The van der Waals surface area contributed by atoms with Crippen LogP contribution in [0.2, 0.25) is 0 Å². The van der Waals surface area contributed by atoms with Gasteiger partial charge in [0, 0.05) is 6.42 Å². The molecule has 2 amide bonds. The number of hydrogen-bond acceptors (Lipinski definition) is 6. The van der Waals surface area contributed by atoms with E-state index in [0.717, 1.165) is 0 Å². The Bertz CT molecular complexity index is 429. The van der Waals surface area contributed by atoms with Crippen LogP contribution in [0.4, 0.5) is 0 Å². The zero-order valence-corrected chi connectivity index (χ0v) is 12.8. The fourth-order valence-corrected chi connectivity index (χ4v) is 1.81. The molecule has 0 aromatic heterocycles. The molecule has 132 valence electrons. The molecule has 0 spiro atoms. The SMILES string of the molecule is NCCCC[C@H](NC(=O)[C@H](CCC(=O)O)NC(=O)CN)C(=O)O. The molecule has 10 heteroatoms. The summed E-state index contributed by atoms with van der Waals surface area (Å²) >= 11 is 0. The molecule has 0 unspecified atom stereocenters. The molecule has 23 heavy (non-hydrogen) atoms. The van der Waals surface area contributed by atoms with Gasteiger partial charge >= 0.3 is 11.9 Å². The molecular weight excluding hydrogens is 308 g/mol. The van der Waals surface area contributed by atoms with Crippen molar-refractivity contribution >= 4 is 23.8 Å². The number of hydrogen-bond donors (Lipinski definition) is 6. The number of carboxylic acids is 2. The summed E-state index contributed by atoms with van der Waals surface area (Å²) in [5.74, 6) is -3.74. The molecule has 10 nitrogen and oxygen atoms in total. The minimum absolute atomic E-state index is 0.165. The van der Waals surface area contributed by atoms with Crippen molar-refractivity contribution in [2.24, 2.45) is 11.5 Å². The van der Waals surface area contributed by atoms with Gasteiger partial charge in [-0.1, -0.05) is 0 Å². The van der Waals surface area contributed by atoms with Crippen LogP contribution in [0.1, 0.15) is 32.1 Å². The highest BCUT2D eigenvalue weighted by Crippen LogP contribution is 2.04. The Morgan fingerprint density at radius 1 is 0.913 bits per heavy atom. The normalized spacial score (nSPS) is 13.0. The van der Waals surface area contributed by atoms with E-state index in [9.17, 15) is 19.2 Å². The Balaban J connectivity index is 4.77. The summed E-state index contributed by atoms with van der Waals surface area (Å²) in [5, 5.41) is 22.4. The van der Waals surface area contributed by atoms with Crippen LogP contribution in [0.25, 0.3) is 0 Å². The first-order chi connectivity index (χ1) is 10.8. The number of aliphatic carboxylic acids is 2. The van der Waals surface area contributed by atoms with Crippen molar-refractivity contribution in [2.45, 2.75) is 44.2 Å². The number of nitrogens with one attached hydrogen (secondary N) is 2. The molecule has 0 saturated heterocycles. The lowest BCUT2D eigenvalue weighted by atomic mass is 10.1. The van der Waals surface area contributed by atoms with Gasteiger partial charge in [-0.25, -0.2) is 4.79 Å². The minimum Gasteiger partial charge on any atom is -0.481 e. The van der Waals surface area contributed by atoms with Gasteiger partial charge in [-0.2, -0.15) is 0 Å². The van der Waals surface area contributed by atoms with Crippen LogP contribution in [0.3, 0.4) is 0 Å². The third kappa shape index (κ3) is 9.42. The summed E-state index contributed by atoms with van der Waals surface area (Å²) in [5.41, 5.74) is 10.5.